The van der Waals surface area contributed by atoms with E-state index in [1.54, 1.807) is 0 Å². The van der Waals surface area contributed by atoms with Gasteiger partial charge in [-0.05, 0) is 50.2 Å². The molecule has 1 saturated carbocycles. The van der Waals surface area contributed by atoms with Gasteiger partial charge in [0.05, 0.1) is 6.67 Å². The van der Waals surface area contributed by atoms with Gasteiger partial charge in [0.15, 0.2) is 0 Å². The summed E-state index contributed by atoms with van der Waals surface area (Å²) in [5.74, 6) is 0.247. The number of nitrogens with one attached hydrogen (secondary N) is 1. The van der Waals surface area contributed by atoms with Crippen LogP contribution in [-0.4, -0.2) is 47.0 Å². The van der Waals surface area contributed by atoms with Crippen LogP contribution in [0.3, 0.4) is 0 Å². The van der Waals surface area contributed by atoms with Gasteiger partial charge >= 0.3 is 6.03 Å². The largest absolute Gasteiger partial charge is 0.326 e. The predicted molar refractivity (Wildman–Crippen MR) is 96.7 cm³/mol. The highest BCUT2D eigenvalue weighted by Gasteiger charge is 2.56. The Labute approximate surface area is 148 Å². The average molecular weight is 339 g/mol. The molecule has 0 aromatic heterocycles. The van der Waals surface area contributed by atoms with Crippen LogP contribution in [0.4, 0.5) is 4.79 Å². The molecule has 0 radical (unpaired) electrons. The molecular weight excluding hydrogens is 314 g/mol. The number of urea groups is 1. The van der Waals surface area contributed by atoms with Crippen LogP contribution in [-0.2, 0) is 4.79 Å². The van der Waals surface area contributed by atoms with Crippen molar-refractivity contribution in [2.75, 3.05) is 19.8 Å². The van der Waals surface area contributed by atoms with Crippen molar-refractivity contribution < 1.29 is 9.59 Å². The Kier molecular flexibility index (Phi) is 3.91. The maximum atomic E-state index is 12.7. The highest BCUT2D eigenvalue weighted by molar-refractivity contribution is 6.07. The molecule has 3 aliphatic rings. The molecule has 1 atom stereocenters. The zero-order chi connectivity index (χ0) is 17.6. The molecule has 5 heteroatoms. The van der Waals surface area contributed by atoms with Crippen molar-refractivity contribution in [1.29, 1.82) is 0 Å². The van der Waals surface area contributed by atoms with Gasteiger partial charge in [-0.1, -0.05) is 35.9 Å². The Morgan fingerprint density at radius 1 is 1.20 bits per heavy atom. The van der Waals surface area contributed by atoms with E-state index < -0.39 is 5.54 Å². The zero-order valence-corrected chi connectivity index (χ0v) is 14.9. The number of hydrogen-bond donors (Lipinski definition) is 1. The highest BCUT2D eigenvalue weighted by atomic mass is 16.2. The molecule has 5 nitrogen and oxygen atoms in total. The monoisotopic (exact) mass is 339 g/mol. The number of carbonyl (C=O) groups is 2. The number of hydrogen-bond acceptors (Lipinski definition) is 3. The van der Waals surface area contributed by atoms with Crippen LogP contribution < -0.4 is 5.32 Å². The maximum Gasteiger partial charge on any atom is 0.326 e. The normalized spacial score (nSPS) is 27.4. The first kappa shape index (κ1) is 16.3. The summed E-state index contributed by atoms with van der Waals surface area (Å²) in [6.07, 6.45) is 5.21. The minimum absolute atomic E-state index is 0.0617. The van der Waals surface area contributed by atoms with Crippen molar-refractivity contribution in [2.24, 2.45) is 5.92 Å². The molecule has 0 spiro atoms. The molecule has 1 aromatic carbocycles. The number of carbonyl (C=O) groups excluding carboxylic acids is 2. The molecule has 3 amide bonds. The Balaban J connectivity index is 1.41. The fourth-order valence-electron chi connectivity index (χ4n) is 3.85. The van der Waals surface area contributed by atoms with Crippen molar-refractivity contribution in [2.45, 2.75) is 38.6 Å². The van der Waals surface area contributed by atoms with E-state index in [1.165, 1.54) is 21.6 Å². The molecule has 1 N–H and O–H groups in total. The Bertz CT molecular complexity index is 736. The van der Waals surface area contributed by atoms with Gasteiger partial charge in [-0.3, -0.25) is 9.69 Å². The molecule has 1 aliphatic carbocycles. The van der Waals surface area contributed by atoms with Gasteiger partial charge in [0.25, 0.3) is 5.91 Å². The average Bonchev–Trinajstić information content (AvgIpc) is 3.43. The summed E-state index contributed by atoms with van der Waals surface area (Å²) in [4.78, 5) is 28.5. The molecule has 1 aromatic rings. The lowest BCUT2D eigenvalue weighted by Gasteiger charge is -2.29. The molecule has 2 heterocycles. The summed E-state index contributed by atoms with van der Waals surface area (Å²) < 4.78 is 0. The first-order valence-corrected chi connectivity index (χ1v) is 9.10. The third-order valence-corrected chi connectivity index (χ3v) is 5.75. The summed E-state index contributed by atoms with van der Waals surface area (Å²) in [6, 6.07) is 8.35. The van der Waals surface area contributed by atoms with Crippen molar-refractivity contribution >= 4 is 17.5 Å². The standard InChI is InChI=1S/C20H25N3O2/c1-14-3-5-15(6-4-14)16-9-11-22(12-10-16)13-23-18(24)20(2,17-7-8-17)21-19(23)25/h3-6,9,17H,7-8,10-13H2,1-2H3,(H,21,25)/t20-/m0/s1. The Morgan fingerprint density at radius 2 is 1.92 bits per heavy atom. The first-order valence-electron chi connectivity index (χ1n) is 9.10. The molecule has 132 valence electrons. The van der Waals surface area contributed by atoms with E-state index in [0.717, 1.165) is 32.4 Å². The number of imide groups is 1. The number of rotatable bonds is 4. The minimum Gasteiger partial charge on any atom is -0.323 e. The van der Waals surface area contributed by atoms with Crippen LogP contribution in [0.15, 0.2) is 30.3 Å². The Morgan fingerprint density at radius 3 is 2.52 bits per heavy atom. The molecule has 2 aliphatic heterocycles. The van der Waals surface area contributed by atoms with E-state index in [0.29, 0.717) is 12.6 Å². The number of nitrogens with zero attached hydrogens (tertiary/aromatic N) is 2. The molecule has 0 unspecified atom stereocenters. The number of benzene rings is 1. The fraction of sp³-hybridized carbons (Fsp3) is 0.500. The second-order valence-electron chi connectivity index (χ2n) is 7.70. The lowest BCUT2D eigenvalue weighted by Crippen LogP contribution is -2.47. The van der Waals surface area contributed by atoms with E-state index in [1.807, 2.05) is 6.92 Å². The second kappa shape index (κ2) is 5.99. The minimum atomic E-state index is -0.685. The quantitative estimate of drug-likeness (QED) is 0.858. The van der Waals surface area contributed by atoms with Gasteiger partial charge in [0.1, 0.15) is 5.54 Å². The van der Waals surface area contributed by atoms with Gasteiger partial charge < -0.3 is 5.32 Å². The summed E-state index contributed by atoms with van der Waals surface area (Å²) >= 11 is 0. The second-order valence-corrected chi connectivity index (χ2v) is 7.70. The maximum absolute atomic E-state index is 12.7. The van der Waals surface area contributed by atoms with Crippen LogP contribution >= 0.6 is 0 Å². The van der Waals surface area contributed by atoms with E-state index in [2.05, 4.69) is 47.5 Å². The third kappa shape index (κ3) is 2.97. The zero-order valence-electron chi connectivity index (χ0n) is 14.9. The van der Waals surface area contributed by atoms with Crippen LogP contribution in [0.25, 0.3) is 5.57 Å². The van der Waals surface area contributed by atoms with Gasteiger partial charge in [-0.15, -0.1) is 0 Å². The number of amides is 3. The predicted octanol–water partition coefficient (Wildman–Crippen LogP) is 2.76. The topological polar surface area (TPSA) is 52.6 Å². The third-order valence-electron chi connectivity index (χ3n) is 5.75. The smallest absolute Gasteiger partial charge is 0.323 e. The van der Waals surface area contributed by atoms with Crippen LogP contribution in [0.1, 0.15) is 37.3 Å². The van der Waals surface area contributed by atoms with Gasteiger partial charge in [-0.2, -0.15) is 0 Å². The lowest BCUT2D eigenvalue weighted by molar-refractivity contribution is -0.132. The van der Waals surface area contributed by atoms with Crippen LogP contribution in [0, 0.1) is 12.8 Å². The van der Waals surface area contributed by atoms with E-state index in [9.17, 15) is 9.59 Å². The highest BCUT2D eigenvalue weighted by Crippen LogP contribution is 2.42. The van der Waals surface area contributed by atoms with E-state index in [4.69, 9.17) is 0 Å². The van der Waals surface area contributed by atoms with Gasteiger partial charge in [0.2, 0.25) is 0 Å². The van der Waals surface area contributed by atoms with Crippen molar-refractivity contribution in [3.63, 3.8) is 0 Å². The summed E-state index contributed by atoms with van der Waals surface area (Å²) in [5.41, 5.74) is 3.19. The SMILES string of the molecule is Cc1ccc(C2=CCN(CN3C(=O)N[C@@](C)(C4CC4)C3=O)CC2)cc1. The fourth-order valence-corrected chi connectivity index (χ4v) is 3.85. The summed E-state index contributed by atoms with van der Waals surface area (Å²) in [7, 11) is 0. The summed E-state index contributed by atoms with van der Waals surface area (Å²) in [5, 5.41) is 2.92. The van der Waals surface area contributed by atoms with Crippen molar-refractivity contribution in [3.05, 3.63) is 41.5 Å². The van der Waals surface area contributed by atoms with Crippen molar-refractivity contribution in [3.8, 4) is 0 Å². The Hall–Kier alpha value is -2.14. The summed E-state index contributed by atoms with van der Waals surface area (Å²) in [6.45, 7) is 5.97. The van der Waals surface area contributed by atoms with Gasteiger partial charge in [-0.25, -0.2) is 9.69 Å². The molecule has 0 bridgehead atoms. The van der Waals surface area contributed by atoms with E-state index >= 15 is 0 Å². The molecule has 1 saturated heterocycles. The van der Waals surface area contributed by atoms with E-state index in [-0.39, 0.29) is 11.9 Å². The molecule has 2 fully saturated rings. The van der Waals surface area contributed by atoms with Gasteiger partial charge in [0, 0.05) is 13.1 Å². The first-order chi connectivity index (χ1) is 12.0. The molecule has 25 heavy (non-hydrogen) atoms. The van der Waals surface area contributed by atoms with Crippen LogP contribution in [0.2, 0.25) is 0 Å². The molecular formula is C20H25N3O2. The lowest BCUT2D eigenvalue weighted by atomic mass is 9.96. The van der Waals surface area contributed by atoms with Crippen LogP contribution in [0.5, 0.6) is 0 Å². The molecule has 4 rings (SSSR count). The number of aryl methyl sites for hydroxylation is 1. The van der Waals surface area contributed by atoms with Crippen molar-refractivity contribution in [1.82, 2.24) is 15.1 Å².